The highest BCUT2D eigenvalue weighted by Gasteiger charge is 2.34. The van der Waals surface area contributed by atoms with Crippen LogP contribution in [0.2, 0.25) is 0 Å². The Hall–Kier alpha value is -2.00. The van der Waals surface area contributed by atoms with Gasteiger partial charge in [-0.05, 0) is 33.6 Å². The summed E-state index contributed by atoms with van der Waals surface area (Å²) in [6, 6.07) is 1.69. The van der Waals surface area contributed by atoms with Crippen LogP contribution in [0.3, 0.4) is 0 Å². The Morgan fingerprint density at radius 1 is 1.28 bits per heavy atom. The predicted molar refractivity (Wildman–Crippen MR) is 91.9 cm³/mol. The Kier molecular flexibility index (Phi) is 4.79. The van der Waals surface area contributed by atoms with E-state index >= 15 is 0 Å². The van der Waals surface area contributed by atoms with E-state index in [0.717, 1.165) is 12.8 Å². The fourth-order valence-corrected chi connectivity index (χ4v) is 5.06. The molecule has 0 radical (unpaired) electrons. The van der Waals surface area contributed by atoms with Crippen molar-refractivity contribution in [2.24, 2.45) is 7.05 Å². The van der Waals surface area contributed by atoms with Gasteiger partial charge in [0.25, 0.3) is 0 Å². The van der Waals surface area contributed by atoms with Crippen LogP contribution >= 0.6 is 0 Å². The van der Waals surface area contributed by atoms with Crippen LogP contribution in [0.15, 0.2) is 17.2 Å². The molecule has 1 fully saturated rings. The average molecular weight is 365 g/mol. The summed E-state index contributed by atoms with van der Waals surface area (Å²) in [6.07, 6.45) is 2.94. The number of aryl methyl sites for hydroxylation is 3. The molecule has 8 nitrogen and oxygen atoms in total. The summed E-state index contributed by atoms with van der Waals surface area (Å²) in [5.41, 5.74) is 1.17. The molecule has 0 amide bonds. The van der Waals surface area contributed by atoms with Gasteiger partial charge < -0.3 is 4.74 Å². The standard InChI is InChI=1S/C16H23N5O3S/c1-11-16(12(2)20(4)19-11)25(22,23)21-9-5-6-14(10-21)24-15-7-8-17-13(3)18-15/h7-8,14H,5-6,9-10H2,1-4H3. The van der Waals surface area contributed by atoms with Crippen molar-refractivity contribution in [2.75, 3.05) is 13.1 Å². The number of rotatable bonds is 4. The summed E-state index contributed by atoms with van der Waals surface area (Å²) in [6.45, 7) is 6.08. The molecular formula is C16H23N5O3S. The average Bonchev–Trinajstić information content (AvgIpc) is 2.80. The molecule has 3 heterocycles. The Bertz CT molecular complexity index is 878. The van der Waals surface area contributed by atoms with Crippen LogP contribution in [0, 0.1) is 20.8 Å². The van der Waals surface area contributed by atoms with Crippen molar-refractivity contribution < 1.29 is 13.2 Å². The van der Waals surface area contributed by atoms with Gasteiger partial charge in [-0.3, -0.25) is 4.68 Å². The molecule has 1 aliphatic heterocycles. The van der Waals surface area contributed by atoms with E-state index in [0.29, 0.717) is 41.1 Å². The first-order valence-electron chi connectivity index (χ1n) is 8.25. The Morgan fingerprint density at radius 2 is 2.04 bits per heavy atom. The van der Waals surface area contributed by atoms with Crippen LogP contribution < -0.4 is 4.74 Å². The summed E-state index contributed by atoms with van der Waals surface area (Å²) in [5.74, 6) is 1.10. The molecule has 0 bridgehead atoms. The van der Waals surface area contributed by atoms with Crippen molar-refractivity contribution in [3.05, 3.63) is 29.5 Å². The second-order valence-electron chi connectivity index (χ2n) is 6.31. The van der Waals surface area contributed by atoms with Crippen molar-refractivity contribution >= 4 is 10.0 Å². The van der Waals surface area contributed by atoms with Crippen molar-refractivity contribution in [3.8, 4) is 5.88 Å². The highest BCUT2D eigenvalue weighted by atomic mass is 32.2. The van der Waals surface area contributed by atoms with Gasteiger partial charge in [0.1, 0.15) is 16.8 Å². The van der Waals surface area contributed by atoms with Crippen LogP contribution in [0.25, 0.3) is 0 Å². The number of hydrogen-bond acceptors (Lipinski definition) is 6. The second-order valence-corrected chi connectivity index (χ2v) is 8.19. The van der Waals surface area contributed by atoms with E-state index in [1.807, 2.05) is 0 Å². The smallest absolute Gasteiger partial charge is 0.246 e. The number of ether oxygens (including phenoxy) is 1. The minimum absolute atomic E-state index is 0.227. The molecule has 25 heavy (non-hydrogen) atoms. The zero-order chi connectivity index (χ0) is 18.2. The first-order valence-corrected chi connectivity index (χ1v) is 9.69. The lowest BCUT2D eigenvalue weighted by molar-refractivity contribution is 0.124. The van der Waals surface area contributed by atoms with Crippen LogP contribution in [-0.2, 0) is 17.1 Å². The SMILES string of the molecule is Cc1nccc(OC2CCCN(S(=O)(=O)c3c(C)nn(C)c3C)C2)n1. The van der Waals surface area contributed by atoms with Gasteiger partial charge in [0.05, 0.1) is 17.9 Å². The molecule has 0 spiro atoms. The molecule has 1 aliphatic rings. The van der Waals surface area contributed by atoms with E-state index in [9.17, 15) is 8.42 Å². The minimum atomic E-state index is -3.60. The molecule has 2 aromatic heterocycles. The zero-order valence-corrected chi connectivity index (χ0v) is 15.7. The van der Waals surface area contributed by atoms with Gasteiger partial charge in [-0.15, -0.1) is 0 Å². The fraction of sp³-hybridized carbons (Fsp3) is 0.562. The molecule has 0 aliphatic carbocycles. The lowest BCUT2D eigenvalue weighted by Gasteiger charge is -2.31. The highest BCUT2D eigenvalue weighted by molar-refractivity contribution is 7.89. The predicted octanol–water partition coefficient (Wildman–Crippen LogP) is 1.37. The summed E-state index contributed by atoms with van der Waals surface area (Å²) in [5, 5.41) is 4.23. The van der Waals surface area contributed by atoms with E-state index < -0.39 is 10.0 Å². The van der Waals surface area contributed by atoms with Crippen molar-refractivity contribution in [1.82, 2.24) is 24.1 Å². The number of hydrogen-bond donors (Lipinski definition) is 0. The highest BCUT2D eigenvalue weighted by Crippen LogP contribution is 2.26. The molecule has 2 aromatic rings. The summed E-state index contributed by atoms with van der Waals surface area (Å²) < 4.78 is 35.1. The molecule has 0 N–H and O–H groups in total. The molecular weight excluding hydrogens is 342 g/mol. The molecule has 3 rings (SSSR count). The van der Waals surface area contributed by atoms with Gasteiger partial charge in [-0.2, -0.15) is 14.4 Å². The van der Waals surface area contributed by atoms with E-state index in [-0.39, 0.29) is 6.10 Å². The van der Waals surface area contributed by atoms with Gasteiger partial charge in [0.15, 0.2) is 0 Å². The van der Waals surface area contributed by atoms with Crippen molar-refractivity contribution in [3.63, 3.8) is 0 Å². The van der Waals surface area contributed by atoms with Crippen LogP contribution in [-0.4, -0.2) is 51.7 Å². The lowest BCUT2D eigenvalue weighted by Crippen LogP contribution is -2.44. The molecule has 1 atom stereocenters. The third-order valence-corrected chi connectivity index (χ3v) is 6.54. The summed E-state index contributed by atoms with van der Waals surface area (Å²) in [7, 11) is -1.85. The molecule has 1 unspecified atom stereocenters. The van der Waals surface area contributed by atoms with E-state index in [2.05, 4.69) is 15.1 Å². The van der Waals surface area contributed by atoms with Crippen LogP contribution in [0.5, 0.6) is 5.88 Å². The maximum Gasteiger partial charge on any atom is 0.246 e. The number of piperidine rings is 1. The van der Waals surface area contributed by atoms with E-state index in [1.54, 1.807) is 44.8 Å². The van der Waals surface area contributed by atoms with Gasteiger partial charge >= 0.3 is 0 Å². The monoisotopic (exact) mass is 365 g/mol. The quantitative estimate of drug-likeness (QED) is 0.813. The first-order chi connectivity index (χ1) is 11.8. The third kappa shape index (κ3) is 3.52. The Labute approximate surface area is 147 Å². The fourth-order valence-electron chi connectivity index (χ4n) is 3.15. The van der Waals surface area contributed by atoms with Crippen molar-refractivity contribution in [1.29, 1.82) is 0 Å². The Balaban J connectivity index is 1.81. The molecule has 1 saturated heterocycles. The number of aromatic nitrogens is 4. The molecule has 136 valence electrons. The summed E-state index contributed by atoms with van der Waals surface area (Å²) in [4.78, 5) is 8.57. The summed E-state index contributed by atoms with van der Waals surface area (Å²) >= 11 is 0. The third-order valence-electron chi connectivity index (χ3n) is 4.42. The molecule has 0 saturated carbocycles. The lowest BCUT2D eigenvalue weighted by atomic mass is 10.1. The van der Waals surface area contributed by atoms with Gasteiger partial charge in [-0.25, -0.2) is 13.4 Å². The maximum atomic E-state index is 13.1. The largest absolute Gasteiger partial charge is 0.473 e. The van der Waals surface area contributed by atoms with Crippen molar-refractivity contribution in [2.45, 2.75) is 44.6 Å². The zero-order valence-electron chi connectivity index (χ0n) is 14.9. The number of nitrogens with zero attached hydrogens (tertiary/aromatic N) is 5. The Morgan fingerprint density at radius 3 is 2.68 bits per heavy atom. The van der Waals surface area contributed by atoms with Gasteiger partial charge in [0.2, 0.25) is 15.9 Å². The number of sulfonamides is 1. The normalized spacial score (nSPS) is 19.1. The van der Waals surface area contributed by atoms with Gasteiger partial charge in [-0.1, -0.05) is 0 Å². The first kappa shape index (κ1) is 17.8. The molecule has 9 heteroatoms. The second kappa shape index (κ2) is 6.72. The maximum absolute atomic E-state index is 13.1. The van der Waals surface area contributed by atoms with E-state index in [1.165, 1.54) is 4.31 Å². The van der Waals surface area contributed by atoms with E-state index in [4.69, 9.17) is 4.74 Å². The molecule has 0 aromatic carbocycles. The van der Waals surface area contributed by atoms with Gasteiger partial charge in [0, 0.05) is 25.9 Å². The minimum Gasteiger partial charge on any atom is -0.473 e. The van der Waals surface area contributed by atoms with Crippen LogP contribution in [0.1, 0.15) is 30.1 Å². The van der Waals surface area contributed by atoms with Crippen LogP contribution in [0.4, 0.5) is 0 Å². The topological polar surface area (TPSA) is 90.2 Å².